The summed E-state index contributed by atoms with van der Waals surface area (Å²) >= 11 is 0. The van der Waals surface area contributed by atoms with Gasteiger partial charge >= 0.3 is 0 Å². The molecule has 0 saturated heterocycles. The summed E-state index contributed by atoms with van der Waals surface area (Å²) in [5.41, 5.74) is 3.34. The molecule has 0 aliphatic heterocycles. The van der Waals surface area contributed by atoms with Crippen molar-refractivity contribution in [1.29, 1.82) is 0 Å². The van der Waals surface area contributed by atoms with Crippen molar-refractivity contribution in [1.82, 2.24) is 0 Å². The Labute approximate surface area is 148 Å². The van der Waals surface area contributed by atoms with Gasteiger partial charge in [0, 0.05) is 17.3 Å². The van der Waals surface area contributed by atoms with Gasteiger partial charge in [-0.3, -0.25) is 9.59 Å². The maximum atomic E-state index is 12.1. The largest absolute Gasteiger partial charge is 0.483 e. The summed E-state index contributed by atoms with van der Waals surface area (Å²) in [6.45, 7) is 7.51. The van der Waals surface area contributed by atoms with Gasteiger partial charge in [0.15, 0.2) is 6.61 Å². The molecule has 2 aromatic carbocycles. The van der Waals surface area contributed by atoms with E-state index < -0.39 is 0 Å². The lowest BCUT2D eigenvalue weighted by Crippen LogP contribution is -2.21. The average molecular weight is 340 g/mol. The van der Waals surface area contributed by atoms with Crippen molar-refractivity contribution in [2.24, 2.45) is 5.92 Å². The first kappa shape index (κ1) is 18.5. The average Bonchev–Trinajstić information content (AvgIpc) is 2.56. The Morgan fingerprint density at radius 3 is 1.96 bits per heavy atom. The number of aryl methyl sites for hydroxylation is 2. The smallest absolute Gasteiger partial charge is 0.262 e. The fourth-order valence-corrected chi connectivity index (χ4v) is 2.29. The molecule has 25 heavy (non-hydrogen) atoms. The van der Waals surface area contributed by atoms with Crippen LogP contribution in [0.25, 0.3) is 0 Å². The molecular formula is C20H24N2O3. The second-order valence-corrected chi connectivity index (χ2v) is 6.28. The van der Waals surface area contributed by atoms with Crippen LogP contribution in [-0.4, -0.2) is 18.4 Å². The van der Waals surface area contributed by atoms with E-state index in [0.717, 1.165) is 16.9 Å². The van der Waals surface area contributed by atoms with Crippen molar-refractivity contribution < 1.29 is 14.3 Å². The molecule has 0 aliphatic carbocycles. The second-order valence-electron chi connectivity index (χ2n) is 6.28. The van der Waals surface area contributed by atoms with Crippen molar-refractivity contribution in [3.8, 4) is 5.75 Å². The quantitative estimate of drug-likeness (QED) is 0.837. The molecule has 0 saturated carbocycles. The fraction of sp³-hybridized carbons (Fsp3) is 0.300. The van der Waals surface area contributed by atoms with E-state index in [1.807, 2.05) is 45.9 Å². The predicted molar refractivity (Wildman–Crippen MR) is 100.0 cm³/mol. The third kappa shape index (κ3) is 5.35. The molecule has 0 fully saturated rings. The molecule has 0 bridgehead atoms. The topological polar surface area (TPSA) is 67.4 Å². The number of hydrogen-bond donors (Lipinski definition) is 2. The lowest BCUT2D eigenvalue weighted by Gasteiger charge is -2.12. The number of carbonyl (C=O) groups excluding carboxylic acids is 2. The molecule has 2 rings (SSSR count). The summed E-state index contributed by atoms with van der Waals surface area (Å²) in [6.07, 6.45) is 0. The molecular weight excluding hydrogens is 316 g/mol. The van der Waals surface area contributed by atoms with E-state index in [0.29, 0.717) is 11.4 Å². The van der Waals surface area contributed by atoms with E-state index in [1.165, 1.54) is 0 Å². The number of benzene rings is 2. The molecule has 0 aromatic heterocycles. The van der Waals surface area contributed by atoms with Crippen molar-refractivity contribution in [3.05, 3.63) is 53.6 Å². The van der Waals surface area contributed by atoms with Crippen molar-refractivity contribution >= 4 is 23.2 Å². The molecule has 0 unspecified atom stereocenters. The molecule has 0 radical (unpaired) electrons. The Kier molecular flexibility index (Phi) is 6.17. The van der Waals surface area contributed by atoms with Gasteiger partial charge in [-0.15, -0.1) is 0 Å². The van der Waals surface area contributed by atoms with Gasteiger partial charge in [0.2, 0.25) is 5.91 Å². The molecule has 132 valence electrons. The van der Waals surface area contributed by atoms with Gasteiger partial charge in [0.25, 0.3) is 5.91 Å². The Morgan fingerprint density at radius 2 is 1.44 bits per heavy atom. The van der Waals surface area contributed by atoms with Crippen LogP contribution in [0.15, 0.2) is 42.5 Å². The highest BCUT2D eigenvalue weighted by atomic mass is 16.5. The summed E-state index contributed by atoms with van der Waals surface area (Å²) in [5.74, 6) is 0.381. The maximum Gasteiger partial charge on any atom is 0.262 e. The number of rotatable bonds is 6. The third-order valence-electron chi connectivity index (χ3n) is 3.72. The normalized spacial score (nSPS) is 10.4. The Balaban J connectivity index is 1.89. The first-order chi connectivity index (χ1) is 11.9. The monoisotopic (exact) mass is 340 g/mol. The van der Waals surface area contributed by atoms with Crippen LogP contribution < -0.4 is 15.4 Å². The van der Waals surface area contributed by atoms with Crippen LogP contribution in [0, 0.1) is 19.8 Å². The van der Waals surface area contributed by atoms with Crippen molar-refractivity contribution in [3.63, 3.8) is 0 Å². The number of hydrogen-bond acceptors (Lipinski definition) is 3. The Bertz CT molecular complexity index is 732. The minimum atomic E-state index is -0.235. The number of ether oxygens (including phenoxy) is 1. The minimum absolute atomic E-state index is 0.0428. The minimum Gasteiger partial charge on any atom is -0.483 e. The van der Waals surface area contributed by atoms with Gasteiger partial charge < -0.3 is 15.4 Å². The van der Waals surface area contributed by atoms with Gasteiger partial charge in [-0.2, -0.15) is 0 Å². The summed E-state index contributed by atoms with van der Waals surface area (Å²) in [6, 6.07) is 12.8. The van der Waals surface area contributed by atoms with E-state index in [2.05, 4.69) is 10.6 Å². The van der Waals surface area contributed by atoms with Crippen LogP contribution in [0.5, 0.6) is 5.75 Å². The molecule has 0 heterocycles. The number of nitrogens with one attached hydrogen (secondary N) is 2. The third-order valence-corrected chi connectivity index (χ3v) is 3.72. The van der Waals surface area contributed by atoms with Gasteiger partial charge in [-0.25, -0.2) is 0 Å². The lowest BCUT2D eigenvalue weighted by atomic mass is 10.1. The summed E-state index contributed by atoms with van der Waals surface area (Å²) < 4.78 is 5.64. The molecule has 5 nitrogen and oxygen atoms in total. The zero-order valence-corrected chi connectivity index (χ0v) is 15.1. The maximum absolute atomic E-state index is 12.1. The standard InChI is InChI=1S/C20H24N2O3/c1-13(2)20(24)22-17-10-8-16(9-11-17)21-18(23)12-25-19-14(3)6-5-7-15(19)4/h5-11,13H,12H2,1-4H3,(H,21,23)(H,22,24). The first-order valence-electron chi connectivity index (χ1n) is 8.26. The van der Waals surface area contributed by atoms with Crippen LogP contribution in [-0.2, 0) is 9.59 Å². The van der Waals surface area contributed by atoms with Crippen LogP contribution in [0.4, 0.5) is 11.4 Å². The van der Waals surface area contributed by atoms with Crippen molar-refractivity contribution in [2.75, 3.05) is 17.2 Å². The van der Waals surface area contributed by atoms with Gasteiger partial charge in [0.05, 0.1) is 0 Å². The SMILES string of the molecule is Cc1cccc(C)c1OCC(=O)Nc1ccc(NC(=O)C(C)C)cc1. The van der Waals surface area contributed by atoms with Crippen molar-refractivity contribution in [2.45, 2.75) is 27.7 Å². The van der Waals surface area contributed by atoms with E-state index >= 15 is 0 Å². The number of para-hydroxylation sites is 1. The number of anilines is 2. The molecule has 5 heteroatoms. The molecule has 2 N–H and O–H groups in total. The molecule has 0 aliphatic rings. The van der Waals surface area contributed by atoms with Crippen LogP contribution in [0.3, 0.4) is 0 Å². The molecule has 0 spiro atoms. The van der Waals surface area contributed by atoms with E-state index in [1.54, 1.807) is 24.3 Å². The van der Waals surface area contributed by atoms with Gasteiger partial charge in [-0.1, -0.05) is 32.0 Å². The van der Waals surface area contributed by atoms with E-state index in [9.17, 15) is 9.59 Å². The zero-order valence-electron chi connectivity index (χ0n) is 15.1. The number of carbonyl (C=O) groups is 2. The lowest BCUT2D eigenvalue weighted by molar-refractivity contribution is -0.119. The predicted octanol–water partition coefficient (Wildman–Crippen LogP) is 3.92. The van der Waals surface area contributed by atoms with E-state index in [-0.39, 0.29) is 24.3 Å². The summed E-state index contributed by atoms with van der Waals surface area (Å²) in [7, 11) is 0. The zero-order chi connectivity index (χ0) is 18.4. The molecule has 2 aromatic rings. The Hall–Kier alpha value is -2.82. The summed E-state index contributed by atoms with van der Waals surface area (Å²) in [4.78, 5) is 23.7. The second kappa shape index (κ2) is 8.33. The van der Waals surface area contributed by atoms with Crippen LogP contribution in [0.2, 0.25) is 0 Å². The van der Waals surface area contributed by atoms with Crippen LogP contribution in [0.1, 0.15) is 25.0 Å². The molecule has 0 atom stereocenters. The highest BCUT2D eigenvalue weighted by Crippen LogP contribution is 2.22. The summed E-state index contributed by atoms with van der Waals surface area (Å²) in [5, 5.41) is 5.58. The fourth-order valence-electron chi connectivity index (χ4n) is 2.29. The van der Waals surface area contributed by atoms with Crippen LogP contribution >= 0.6 is 0 Å². The van der Waals surface area contributed by atoms with Gasteiger partial charge in [0.1, 0.15) is 5.75 Å². The highest BCUT2D eigenvalue weighted by Gasteiger charge is 2.09. The Morgan fingerprint density at radius 1 is 0.920 bits per heavy atom. The number of amides is 2. The molecule has 2 amide bonds. The van der Waals surface area contributed by atoms with E-state index in [4.69, 9.17) is 4.74 Å². The first-order valence-corrected chi connectivity index (χ1v) is 8.26. The highest BCUT2D eigenvalue weighted by molar-refractivity contribution is 5.94. The van der Waals surface area contributed by atoms with Gasteiger partial charge in [-0.05, 0) is 49.2 Å².